The van der Waals surface area contributed by atoms with Gasteiger partial charge in [0.15, 0.2) is 0 Å². The summed E-state index contributed by atoms with van der Waals surface area (Å²) in [7, 11) is 2.04. The van der Waals surface area contributed by atoms with Crippen molar-refractivity contribution < 1.29 is 4.74 Å². The molecule has 2 aromatic heterocycles. The first-order valence-corrected chi connectivity index (χ1v) is 8.52. The number of aromatic nitrogens is 1. The second kappa shape index (κ2) is 7.52. The van der Waals surface area contributed by atoms with Crippen molar-refractivity contribution >= 4 is 21.4 Å². The van der Waals surface area contributed by atoms with Gasteiger partial charge in [-0.2, -0.15) is 5.26 Å². The molecule has 1 aromatic carbocycles. The second-order valence-electron chi connectivity index (χ2n) is 5.67. The lowest BCUT2D eigenvalue weighted by Crippen LogP contribution is -2.24. The zero-order chi connectivity index (χ0) is 16.9. The van der Waals surface area contributed by atoms with Crippen molar-refractivity contribution in [2.75, 3.05) is 20.2 Å². The molecular formula is C19H18BrN3O. The first-order valence-electron chi connectivity index (χ1n) is 7.73. The Hall–Kier alpha value is -2.29. The summed E-state index contributed by atoms with van der Waals surface area (Å²) in [5.41, 5.74) is 2.74. The average molecular weight is 384 g/mol. The summed E-state index contributed by atoms with van der Waals surface area (Å²) >= 11 is 3.41. The van der Waals surface area contributed by atoms with E-state index < -0.39 is 0 Å². The molecule has 0 aliphatic rings. The highest BCUT2D eigenvalue weighted by molar-refractivity contribution is 9.10. The van der Waals surface area contributed by atoms with E-state index in [0.29, 0.717) is 13.2 Å². The molecule has 3 rings (SSSR count). The van der Waals surface area contributed by atoms with E-state index in [1.54, 1.807) is 0 Å². The summed E-state index contributed by atoms with van der Waals surface area (Å²) in [6.45, 7) is 2.11. The zero-order valence-corrected chi connectivity index (χ0v) is 15.0. The molecule has 0 spiro atoms. The summed E-state index contributed by atoms with van der Waals surface area (Å²) in [4.78, 5) is 2.16. The van der Waals surface area contributed by atoms with Gasteiger partial charge in [-0.05, 0) is 43.4 Å². The van der Waals surface area contributed by atoms with Crippen molar-refractivity contribution in [2.45, 2.75) is 6.54 Å². The Morgan fingerprint density at radius 2 is 2.00 bits per heavy atom. The number of likely N-dealkylation sites (N-methyl/N-ethyl adjacent to an activating group) is 1. The lowest BCUT2D eigenvalue weighted by Gasteiger charge is -2.16. The summed E-state index contributed by atoms with van der Waals surface area (Å²) in [6, 6.07) is 16.0. The molecular weight excluding hydrogens is 366 g/mol. The number of ether oxygens (including phenoxy) is 1. The van der Waals surface area contributed by atoms with E-state index in [-0.39, 0.29) is 0 Å². The van der Waals surface area contributed by atoms with Crippen LogP contribution in [0.2, 0.25) is 0 Å². The molecule has 5 heteroatoms. The second-order valence-corrected chi connectivity index (χ2v) is 6.59. The molecule has 0 bridgehead atoms. The fourth-order valence-corrected chi connectivity index (χ4v) is 2.91. The highest BCUT2D eigenvalue weighted by Gasteiger charge is 2.11. The number of hydrogen-bond acceptors (Lipinski definition) is 3. The Balaban J connectivity index is 1.60. The van der Waals surface area contributed by atoms with Gasteiger partial charge in [-0.25, -0.2) is 0 Å². The Morgan fingerprint density at radius 3 is 2.75 bits per heavy atom. The van der Waals surface area contributed by atoms with Crippen LogP contribution in [0.15, 0.2) is 59.3 Å². The van der Waals surface area contributed by atoms with E-state index in [4.69, 9.17) is 4.74 Å². The van der Waals surface area contributed by atoms with E-state index in [2.05, 4.69) is 26.9 Å². The van der Waals surface area contributed by atoms with Crippen molar-refractivity contribution in [1.29, 1.82) is 5.26 Å². The monoisotopic (exact) mass is 383 g/mol. The van der Waals surface area contributed by atoms with Crippen molar-refractivity contribution in [3.05, 3.63) is 70.5 Å². The number of pyridine rings is 1. The number of nitriles is 1. The molecule has 0 atom stereocenters. The molecule has 3 aromatic rings. The molecule has 122 valence electrons. The van der Waals surface area contributed by atoms with Crippen LogP contribution >= 0.6 is 15.9 Å². The maximum absolute atomic E-state index is 9.45. The third-order valence-electron chi connectivity index (χ3n) is 3.87. The van der Waals surface area contributed by atoms with Crippen molar-refractivity contribution in [3.63, 3.8) is 0 Å². The summed E-state index contributed by atoms with van der Waals surface area (Å²) in [5, 5.41) is 9.45. The first kappa shape index (κ1) is 16.6. The summed E-state index contributed by atoms with van der Waals surface area (Å²) in [5.74, 6) is 0.860. The minimum Gasteiger partial charge on any atom is -0.492 e. The van der Waals surface area contributed by atoms with Crippen LogP contribution in [-0.2, 0) is 6.54 Å². The van der Waals surface area contributed by atoms with Crippen LogP contribution in [0.4, 0.5) is 0 Å². The van der Waals surface area contributed by atoms with E-state index in [9.17, 15) is 5.26 Å². The molecule has 2 heterocycles. The quantitative estimate of drug-likeness (QED) is 0.643. The number of benzene rings is 1. The summed E-state index contributed by atoms with van der Waals surface area (Å²) < 4.78 is 8.79. The van der Waals surface area contributed by atoms with Gasteiger partial charge in [-0.3, -0.25) is 4.90 Å². The number of halogens is 1. The molecule has 0 fully saturated rings. The van der Waals surface area contributed by atoms with Gasteiger partial charge in [0, 0.05) is 35.5 Å². The fourth-order valence-electron chi connectivity index (χ4n) is 2.65. The lowest BCUT2D eigenvalue weighted by molar-refractivity contribution is 0.233. The van der Waals surface area contributed by atoms with Crippen LogP contribution in [0.25, 0.3) is 5.52 Å². The normalized spacial score (nSPS) is 10.9. The predicted molar refractivity (Wildman–Crippen MR) is 98.1 cm³/mol. The summed E-state index contributed by atoms with van der Waals surface area (Å²) in [6.07, 6.45) is 4.00. The van der Waals surface area contributed by atoms with Crippen molar-refractivity contribution in [3.8, 4) is 11.8 Å². The van der Waals surface area contributed by atoms with Gasteiger partial charge >= 0.3 is 0 Å². The third kappa shape index (κ3) is 3.78. The number of rotatable bonds is 6. The molecule has 0 amide bonds. The standard InChI is InChI=1S/C19H18BrN3O/c1-22(10-11-24-17-7-5-16(20)6-8-17)13-15-14-23-9-3-2-4-19(23)18(15)12-21/h2-9,14H,10-11,13H2,1H3. The maximum Gasteiger partial charge on any atom is 0.119 e. The van der Waals surface area contributed by atoms with Gasteiger partial charge in [0.2, 0.25) is 0 Å². The van der Waals surface area contributed by atoms with Gasteiger partial charge in [0.05, 0.1) is 11.1 Å². The molecule has 24 heavy (non-hydrogen) atoms. The van der Waals surface area contributed by atoms with Crippen molar-refractivity contribution in [2.24, 2.45) is 0 Å². The van der Waals surface area contributed by atoms with Crippen LogP contribution in [0, 0.1) is 11.3 Å². The first-order chi connectivity index (χ1) is 11.7. The van der Waals surface area contributed by atoms with Gasteiger partial charge < -0.3 is 9.14 Å². The highest BCUT2D eigenvalue weighted by atomic mass is 79.9. The van der Waals surface area contributed by atoms with E-state index in [1.165, 1.54) is 0 Å². The molecule has 0 aliphatic carbocycles. The van der Waals surface area contributed by atoms with Crippen LogP contribution in [-0.4, -0.2) is 29.5 Å². The maximum atomic E-state index is 9.45. The van der Waals surface area contributed by atoms with E-state index >= 15 is 0 Å². The van der Waals surface area contributed by atoms with Gasteiger partial charge in [-0.15, -0.1) is 0 Å². The minimum atomic E-state index is 0.605. The van der Waals surface area contributed by atoms with Gasteiger partial charge in [-0.1, -0.05) is 22.0 Å². The third-order valence-corrected chi connectivity index (χ3v) is 4.40. The molecule has 0 saturated heterocycles. The van der Waals surface area contributed by atoms with Crippen LogP contribution in [0.5, 0.6) is 5.75 Å². The molecule has 0 radical (unpaired) electrons. The Kier molecular flexibility index (Phi) is 5.19. The van der Waals surface area contributed by atoms with Crippen molar-refractivity contribution in [1.82, 2.24) is 9.30 Å². The minimum absolute atomic E-state index is 0.605. The van der Waals surface area contributed by atoms with Crippen LogP contribution in [0.3, 0.4) is 0 Å². The smallest absolute Gasteiger partial charge is 0.119 e. The average Bonchev–Trinajstić information content (AvgIpc) is 2.93. The largest absolute Gasteiger partial charge is 0.492 e. The Morgan fingerprint density at radius 1 is 1.21 bits per heavy atom. The molecule has 0 unspecified atom stereocenters. The Bertz CT molecular complexity index is 864. The van der Waals surface area contributed by atoms with E-state index in [1.807, 2.05) is 66.3 Å². The van der Waals surface area contributed by atoms with Crippen LogP contribution in [0.1, 0.15) is 11.1 Å². The molecule has 0 N–H and O–H groups in total. The lowest BCUT2D eigenvalue weighted by atomic mass is 10.1. The SMILES string of the molecule is CN(CCOc1ccc(Br)cc1)Cc1cn2ccccc2c1C#N. The highest BCUT2D eigenvalue weighted by Crippen LogP contribution is 2.19. The number of hydrogen-bond donors (Lipinski definition) is 0. The molecule has 0 aliphatic heterocycles. The van der Waals surface area contributed by atoms with Crippen LogP contribution < -0.4 is 4.74 Å². The molecule has 0 saturated carbocycles. The van der Waals surface area contributed by atoms with Gasteiger partial charge in [0.25, 0.3) is 0 Å². The molecule has 4 nitrogen and oxygen atoms in total. The number of nitrogens with zero attached hydrogens (tertiary/aromatic N) is 3. The number of fused-ring (bicyclic) bond motifs is 1. The fraction of sp³-hybridized carbons (Fsp3) is 0.211. The van der Waals surface area contributed by atoms with Gasteiger partial charge in [0.1, 0.15) is 18.4 Å². The van der Waals surface area contributed by atoms with E-state index in [0.717, 1.165) is 33.4 Å². The Labute approximate surface area is 150 Å². The predicted octanol–water partition coefficient (Wildman–Crippen LogP) is 4.08. The zero-order valence-electron chi connectivity index (χ0n) is 13.4. The topological polar surface area (TPSA) is 40.7 Å².